The number of carbonyl (C=O) groups excluding carboxylic acids is 2. The zero-order valence-corrected chi connectivity index (χ0v) is 6.82. The summed E-state index contributed by atoms with van der Waals surface area (Å²) in [6.07, 6.45) is 1.50. The van der Waals surface area contributed by atoms with Gasteiger partial charge in [-0.15, -0.1) is 0 Å². The van der Waals surface area contributed by atoms with Crippen molar-refractivity contribution < 1.29 is 9.59 Å². The Morgan fingerprint density at radius 1 is 0.818 bits per heavy atom. The van der Waals surface area contributed by atoms with Crippen LogP contribution in [0.4, 0.5) is 0 Å². The summed E-state index contributed by atoms with van der Waals surface area (Å²) in [5.41, 5.74) is 0. The summed E-state index contributed by atoms with van der Waals surface area (Å²) < 4.78 is 0. The second-order valence-electron chi connectivity index (χ2n) is 0.204. The second kappa shape index (κ2) is 599. The van der Waals surface area contributed by atoms with Gasteiger partial charge in [0.1, 0.15) is 0 Å². The summed E-state index contributed by atoms with van der Waals surface area (Å²) in [5, 5.41) is 10.8. The number of isocyanates is 2. The summed E-state index contributed by atoms with van der Waals surface area (Å²) >= 11 is 0. The van der Waals surface area contributed by atoms with Crippen LogP contribution in [0.3, 0.4) is 0 Å². The number of hydrogen-bond acceptors (Lipinski definition) is 4. The molecule has 0 rings (SSSR count). The van der Waals surface area contributed by atoms with Crippen molar-refractivity contribution in [3.63, 3.8) is 0 Å². The Labute approximate surface area is 72.0 Å². The number of rotatable bonds is 0. The van der Waals surface area contributed by atoms with Crippen LogP contribution < -0.4 is 0 Å². The van der Waals surface area contributed by atoms with Gasteiger partial charge < -0.3 is 0 Å². The van der Waals surface area contributed by atoms with Gasteiger partial charge in [-0.1, -0.05) is 27.7 Å². The maximum Gasteiger partial charge on any atom is 0.231 e. The fraction of sp³-hybridized carbons (Fsp3) is 0.667. The highest BCUT2D eigenvalue weighted by atomic mass is 28.1. The Bertz CT molecular complexity index is 72.6. The quantitative estimate of drug-likeness (QED) is 0.320. The lowest BCUT2D eigenvalue weighted by Gasteiger charge is -1.07. The Hall–Kier alpha value is -1.02. The van der Waals surface area contributed by atoms with Crippen LogP contribution in [-0.2, 0) is 9.59 Å². The van der Waals surface area contributed by atoms with Gasteiger partial charge in [-0.25, -0.2) is 20.4 Å². The van der Waals surface area contributed by atoms with Crippen molar-refractivity contribution in [3.8, 4) is 0 Å². The van der Waals surface area contributed by atoms with E-state index >= 15 is 0 Å². The van der Waals surface area contributed by atoms with Crippen LogP contribution in [0.15, 0.2) is 0 Å². The van der Waals surface area contributed by atoms with Crippen LogP contribution in [0.5, 0.6) is 0 Å². The van der Waals surface area contributed by atoms with Gasteiger partial charge in [0.2, 0.25) is 12.2 Å². The Balaban J connectivity index is -0.0000000144. The third kappa shape index (κ3) is 417. The second-order valence-corrected chi connectivity index (χ2v) is 0.204. The van der Waals surface area contributed by atoms with E-state index in [2.05, 4.69) is 0 Å². The molecule has 11 heavy (non-hydrogen) atoms. The normalized spacial score (nSPS) is 2.55. The third-order valence-corrected chi connectivity index (χ3v) is 0. The van der Waals surface area contributed by atoms with Crippen molar-refractivity contribution in [1.82, 2.24) is 0 Å². The zero-order chi connectivity index (χ0) is 9.41. The minimum atomic E-state index is 0. The Morgan fingerprint density at radius 2 is 0.818 bits per heavy atom. The van der Waals surface area contributed by atoms with Gasteiger partial charge in [0.15, 0.2) is 0 Å². The van der Waals surface area contributed by atoms with Gasteiger partial charge in [0, 0.05) is 0 Å². The highest BCUT2D eigenvalue weighted by Crippen LogP contribution is 1.15. The molecule has 0 bridgehead atoms. The molecule has 0 aliphatic carbocycles. The molecule has 5 heteroatoms. The minimum absolute atomic E-state index is 0. The molecular weight excluding hydrogens is 160 g/mol. The highest BCUT2D eigenvalue weighted by molar-refractivity contribution is 5.75. The molecule has 0 aromatic heterocycles. The van der Waals surface area contributed by atoms with Crippen molar-refractivity contribution in [2.24, 2.45) is 0 Å². The SMILES string of the molecule is CC.CC.N=C=O.N=C=O.[SiH4]. The monoisotopic (exact) mass is 178 g/mol. The summed E-state index contributed by atoms with van der Waals surface area (Å²) in [6.45, 7) is 8.00. The highest BCUT2D eigenvalue weighted by Gasteiger charge is 1.04. The van der Waals surface area contributed by atoms with Crippen molar-refractivity contribution >= 4 is 23.1 Å². The third-order valence-electron chi connectivity index (χ3n) is 0. The van der Waals surface area contributed by atoms with E-state index < -0.39 is 0 Å². The smallest absolute Gasteiger partial charge is 0.222 e. The van der Waals surface area contributed by atoms with Crippen molar-refractivity contribution in [2.75, 3.05) is 0 Å². The molecule has 4 nitrogen and oxygen atoms in total. The van der Waals surface area contributed by atoms with E-state index in [-0.39, 0.29) is 11.0 Å². The van der Waals surface area contributed by atoms with E-state index in [4.69, 9.17) is 20.4 Å². The van der Waals surface area contributed by atoms with Crippen LogP contribution in [0.25, 0.3) is 0 Å². The lowest BCUT2D eigenvalue weighted by molar-refractivity contribution is 0.562. The van der Waals surface area contributed by atoms with Crippen LogP contribution in [0.2, 0.25) is 0 Å². The predicted octanol–water partition coefficient (Wildman–Crippen LogP) is 0.403. The average molecular weight is 178 g/mol. The van der Waals surface area contributed by atoms with E-state index in [1.807, 2.05) is 27.7 Å². The summed E-state index contributed by atoms with van der Waals surface area (Å²) in [6, 6.07) is 0. The van der Waals surface area contributed by atoms with Gasteiger partial charge in [-0.3, -0.25) is 0 Å². The first kappa shape index (κ1) is 32.5. The van der Waals surface area contributed by atoms with Gasteiger partial charge in [0.05, 0.1) is 0 Å². The molecule has 0 saturated heterocycles. The van der Waals surface area contributed by atoms with Gasteiger partial charge in [0.25, 0.3) is 0 Å². The molecule has 0 aromatic rings. The first-order valence-electron chi connectivity index (χ1n) is 2.91. The lowest BCUT2D eigenvalue weighted by atomic mass is 11.0. The predicted molar refractivity (Wildman–Crippen MR) is 50.9 cm³/mol. The maximum atomic E-state index is 8.35. The average Bonchev–Trinajstić information content (AvgIpc) is 1.99. The number of nitrogens with one attached hydrogen (secondary N) is 2. The zero-order valence-electron chi connectivity index (χ0n) is 6.82. The lowest BCUT2D eigenvalue weighted by Crippen LogP contribution is -1.16. The Morgan fingerprint density at radius 3 is 0.818 bits per heavy atom. The standard InChI is InChI=1S/2C2H6.2CHNO.H4Si/c2*1-2;2*2-1-3;/h2*1-2H3;2*2H;1H4. The fourth-order valence-electron chi connectivity index (χ4n) is 0. The molecule has 0 unspecified atom stereocenters. The molecule has 0 saturated carbocycles. The largest absolute Gasteiger partial charge is 0.231 e. The van der Waals surface area contributed by atoms with E-state index in [0.717, 1.165) is 12.2 Å². The minimum Gasteiger partial charge on any atom is -0.222 e. The summed E-state index contributed by atoms with van der Waals surface area (Å²) in [7, 11) is 0. The molecule has 0 fully saturated rings. The molecule has 0 heterocycles. The Kier molecular flexibility index (Phi) is 1770. The molecule has 0 aliphatic rings. The van der Waals surface area contributed by atoms with Crippen LogP contribution in [0, 0.1) is 10.8 Å². The van der Waals surface area contributed by atoms with Gasteiger partial charge >= 0.3 is 0 Å². The van der Waals surface area contributed by atoms with Gasteiger partial charge in [-0.2, -0.15) is 0 Å². The summed E-state index contributed by atoms with van der Waals surface area (Å²) in [5.74, 6) is 0. The molecule has 0 aromatic carbocycles. The van der Waals surface area contributed by atoms with Crippen molar-refractivity contribution in [2.45, 2.75) is 27.7 Å². The molecule has 2 N–H and O–H groups in total. The van der Waals surface area contributed by atoms with Crippen LogP contribution in [0.1, 0.15) is 27.7 Å². The molecular formula is C6H18N2O2Si. The molecule has 0 amide bonds. The van der Waals surface area contributed by atoms with Gasteiger partial charge in [-0.05, 0) is 11.0 Å². The molecule has 0 radical (unpaired) electrons. The first-order valence-corrected chi connectivity index (χ1v) is 2.91. The maximum absolute atomic E-state index is 8.35. The van der Waals surface area contributed by atoms with Crippen molar-refractivity contribution in [1.29, 1.82) is 10.8 Å². The fourth-order valence-corrected chi connectivity index (χ4v) is 0. The van der Waals surface area contributed by atoms with Crippen LogP contribution in [-0.4, -0.2) is 23.1 Å². The van der Waals surface area contributed by atoms with E-state index in [9.17, 15) is 0 Å². The molecule has 0 atom stereocenters. The molecule has 0 aliphatic heterocycles. The first-order chi connectivity index (χ1) is 4.83. The van der Waals surface area contributed by atoms with Crippen LogP contribution >= 0.6 is 0 Å². The molecule has 0 spiro atoms. The topological polar surface area (TPSA) is 81.8 Å². The van der Waals surface area contributed by atoms with E-state index in [0.29, 0.717) is 0 Å². The summed E-state index contributed by atoms with van der Waals surface area (Å²) in [4.78, 5) is 16.7. The van der Waals surface area contributed by atoms with E-state index in [1.165, 1.54) is 0 Å². The van der Waals surface area contributed by atoms with Crippen molar-refractivity contribution in [3.05, 3.63) is 0 Å². The number of hydrogen-bond donors (Lipinski definition) is 2. The van der Waals surface area contributed by atoms with E-state index in [1.54, 1.807) is 0 Å². The molecule has 68 valence electrons.